The average molecular weight is 219 g/mol. The molecule has 0 bridgehead atoms. The molecule has 1 unspecified atom stereocenters. The van der Waals surface area contributed by atoms with Gasteiger partial charge in [-0.1, -0.05) is 6.58 Å². The van der Waals surface area contributed by atoms with E-state index in [4.69, 9.17) is 0 Å². The van der Waals surface area contributed by atoms with Gasteiger partial charge < -0.3 is 4.90 Å². The molecule has 1 atom stereocenters. The molecule has 1 aromatic heterocycles. The highest BCUT2D eigenvalue weighted by Crippen LogP contribution is 2.28. The summed E-state index contributed by atoms with van der Waals surface area (Å²) in [5.41, 5.74) is 0. The maximum atomic E-state index is 11.4. The minimum atomic E-state index is -0.0728. The Kier molecular flexibility index (Phi) is 2.89. The van der Waals surface area contributed by atoms with E-state index >= 15 is 0 Å². The van der Waals surface area contributed by atoms with Crippen LogP contribution in [0.1, 0.15) is 37.5 Å². The van der Waals surface area contributed by atoms with Gasteiger partial charge in [0, 0.05) is 13.5 Å². The van der Waals surface area contributed by atoms with Gasteiger partial charge >= 0.3 is 0 Å². The van der Waals surface area contributed by atoms with Gasteiger partial charge in [-0.15, -0.1) is 20.4 Å². The summed E-state index contributed by atoms with van der Waals surface area (Å²) in [4.78, 5) is 13.1. The molecule has 2 heterocycles. The van der Waals surface area contributed by atoms with Gasteiger partial charge in [-0.3, -0.25) is 4.79 Å². The van der Waals surface area contributed by atoms with Crippen molar-refractivity contribution in [1.82, 2.24) is 25.3 Å². The Morgan fingerprint density at radius 2 is 2.12 bits per heavy atom. The normalized spacial score (nSPS) is 19.8. The van der Waals surface area contributed by atoms with Crippen LogP contribution in [0.15, 0.2) is 6.58 Å². The molecule has 0 saturated carbocycles. The molecule has 6 heteroatoms. The molecule has 0 aromatic carbocycles. The van der Waals surface area contributed by atoms with E-state index in [9.17, 15) is 4.79 Å². The fraction of sp³-hybridized carbons (Fsp3) is 0.500. The number of nitrogens with zero attached hydrogens (tertiary/aromatic N) is 5. The minimum Gasteiger partial charge on any atom is -0.333 e. The number of carbonyl (C=O) groups is 1. The number of amides is 1. The van der Waals surface area contributed by atoms with E-state index in [-0.39, 0.29) is 11.9 Å². The lowest BCUT2D eigenvalue weighted by atomic mass is 10.2. The zero-order chi connectivity index (χ0) is 11.5. The van der Waals surface area contributed by atoms with Gasteiger partial charge in [0.2, 0.25) is 5.91 Å². The van der Waals surface area contributed by atoms with Crippen molar-refractivity contribution in [2.75, 3.05) is 6.54 Å². The lowest BCUT2D eigenvalue weighted by Gasteiger charge is -2.20. The fourth-order valence-electron chi connectivity index (χ4n) is 1.87. The molecule has 1 aromatic rings. The Morgan fingerprint density at radius 1 is 1.44 bits per heavy atom. The highest BCUT2D eigenvalue weighted by Gasteiger charge is 2.30. The van der Waals surface area contributed by atoms with E-state index in [1.165, 1.54) is 6.08 Å². The minimum absolute atomic E-state index is 0.0406. The Labute approximate surface area is 93.4 Å². The van der Waals surface area contributed by atoms with Crippen LogP contribution in [0, 0.1) is 0 Å². The smallest absolute Gasteiger partial charge is 0.220 e. The molecule has 6 nitrogen and oxygen atoms in total. The summed E-state index contributed by atoms with van der Waals surface area (Å²) in [6.07, 6.45) is 3.33. The first-order valence-electron chi connectivity index (χ1n) is 5.19. The summed E-state index contributed by atoms with van der Waals surface area (Å²) in [7, 11) is 0. The van der Waals surface area contributed by atoms with Crippen molar-refractivity contribution < 1.29 is 4.79 Å². The third-order valence-corrected chi connectivity index (χ3v) is 2.65. The number of hydrogen-bond acceptors (Lipinski definition) is 5. The Hall–Kier alpha value is -1.85. The Balaban J connectivity index is 2.22. The lowest BCUT2D eigenvalue weighted by molar-refractivity contribution is -0.129. The molecule has 0 spiro atoms. The van der Waals surface area contributed by atoms with Crippen LogP contribution < -0.4 is 0 Å². The van der Waals surface area contributed by atoms with Crippen LogP contribution in [-0.2, 0) is 4.79 Å². The summed E-state index contributed by atoms with van der Waals surface area (Å²) in [6, 6.07) is -0.0728. The number of rotatable bonds is 2. The van der Waals surface area contributed by atoms with Crippen molar-refractivity contribution in [3.8, 4) is 0 Å². The third-order valence-electron chi connectivity index (χ3n) is 2.65. The number of aromatic nitrogens is 4. The van der Waals surface area contributed by atoms with E-state index < -0.39 is 0 Å². The van der Waals surface area contributed by atoms with E-state index in [0.717, 1.165) is 19.4 Å². The van der Waals surface area contributed by atoms with E-state index in [1.54, 1.807) is 11.8 Å². The molecule has 2 rings (SSSR count). The van der Waals surface area contributed by atoms with Gasteiger partial charge in [-0.05, 0) is 18.9 Å². The van der Waals surface area contributed by atoms with Crippen molar-refractivity contribution in [1.29, 1.82) is 0 Å². The quantitative estimate of drug-likeness (QED) is 0.728. The lowest BCUT2D eigenvalue weighted by Crippen LogP contribution is -2.29. The molecular formula is C10H13N5O. The summed E-state index contributed by atoms with van der Waals surface area (Å²) in [5.74, 6) is 0.952. The number of likely N-dealkylation sites (tertiary alicyclic amines) is 1. The largest absolute Gasteiger partial charge is 0.333 e. The molecule has 16 heavy (non-hydrogen) atoms. The number of hydrogen-bond donors (Lipinski definition) is 0. The van der Waals surface area contributed by atoms with Crippen LogP contribution in [0.25, 0.3) is 6.08 Å². The highest BCUT2D eigenvalue weighted by atomic mass is 16.2. The zero-order valence-corrected chi connectivity index (χ0v) is 9.13. The van der Waals surface area contributed by atoms with Crippen LogP contribution >= 0.6 is 0 Å². The van der Waals surface area contributed by atoms with Gasteiger partial charge in [0.25, 0.3) is 0 Å². The number of carbonyl (C=O) groups excluding carboxylic acids is 1. The fourth-order valence-corrected chi connectivity index (χ4v) is 1.87. The van der Waals surface area contributed by atoms with Crippen LogP contribution in [-0.4, -0.2) is 37.7 Å². The van der Waals surface area contributed by atoms with Crippen LogP contribution in [0.4, 0.5) is 0 Å². The summed E-state index contributed by atoms with van der Waals surface area (Å²) in [5, 5.41) is 15.7. The molecule has 1 aliphatic rings. The predicted octanol–water partition coefficient (Wildman–Crippen LogP) is 0.593. The molecule has 0 N–H and O–H groups in total. The second kappa shape index (κ2) is 4.34. The molecular weight excluding hydrogens is 206 g/mol. The summed E-state index contributed by atoms with van der Waals surface area (Å²) < 4.78 is 0. The first-order valence-corrected chi connectivity index (χ1v) is 5.19. The van der Waals surface area contributed by atoms with Crippen LogP contribution in [0.3, 0.4) is 0 Å². The topological polar surface area (TPSA) is 71.9 Å². The van der Waals surface area contributed by atoms with Gasteiger partial charge in [-0.2, -0.15) is 0 Å². The molecule has 1 fully saturated rings. The van der Waals surface area contributed by atoms with Gasteiger partial charge in [-0.25, -0.2) is 0 Å². The monoisotopic (exact) mass is 219 g/mol. The first kappa shape index (κ1) is 10.7. The maximum Gasteiger partial charge on any atom is 0.220 e. The van der Waals surface area contributed by atoms with Gasteiger partial charge in [0.1, 0.15) is 0 Å². The predicted molar refractivity (Wildman–Crippen MR) is 57.1 cm³/mol. The van der Waals surface area contributed by atoms with Crippen molar-refractivity contribution in [2.45, 2.75) is 25.8 Å². The second-order valence-corrected chi connectivity index (χ2v) is 3.69. The SMILES string of the molecule is C=Cc1nnc(C2CCCN2C(C)=O)nn1. The molecule has 1 aliphatic heterocycles. The first-order chi connectivity index (χ1) is 7.72. The van der Waals surface area contributed by atoms with Crippen molar-refractivity contribution in [2.24, 2.45) is 0 Å². The summed E-state index contributed by atoms with van der Waals surface area (Å²) in [6.45, 7) is 5.84. The average Bonchev–Trinajstić information content (AvgIpc) is 2.78. The zero-order valence-electron chi connectivity index (χ0n) is 9.13. The third kappa shape index (κ3) is 1.91. The van der Waals surface area contributed by atoms with Crippen molar-refractivity contribution in [3.05, 3.63) is 18.2 Å². The maximum absolute atomic E-state index is 11.4. The van der Waals surface area contributed by atoms with Crippen LogP contribution in [0.2, 0.25) is 0 Å². The van der Waals surface area contributed by atoms with Crippen molar-refractivity contribution >= 4 is 12.0 Å². The highest BCUT2D eigenvalue weighted by molar-refractivity contribution is 5.74. The van der Waals surface area contributed by atoms with E-state index in [2.05, 4.69) is 27.0 Å². The molecule has 1 saturated heterocycles. The van der Waals surface area contributed by atoms with Crippen molar-refractivity contribution in [3.63, 3.8) is 0 Å². The molecule has 0 aliphatic carbocycles. The van der Waals surface area contributed by atoms with Gasteiger partial charge in [0.15, 0.2) is 11.6 Å². The standard InChI is InChI=1S/C10H13N5O/c1-3-9-11-13-10(14-12-9)8-5-4-6-15(8)7(2)16/h3,8H,1,4-6H2,2H3. The molecule has 84 valence electrons. The van der Waals surface area contributed by atoms with E-state index in [0.29, 0.717) is 11.6 Å². The van der Waals surface area contributed by atoms with Gasteiger partial charge in [0.05, 0.1) is 6.04 Å². The molecule has 0 radical (unpaired) electrons. The Bertz CT molecular complexity index is 402. The molecule has 1 amide bonds. The summed E-state index contributed by atoms with van der Waals surface area (Å²) >= 11 is 0. The Morgan fingerprint density at radius 3 is 2.69 bits per heavy atom. The second-order valence-electron chi connectivity index (χ2n) is 3.69. The van der Waals surface area contributed by atoms with E-state index in [1.807, 2.05) is 0 Å². The van der Waals surface area contributed by atoms with Crippen LogP contribution in [0.5, 0.6) is 0 Å².